The maximum Gasteiger partial charge on any atom is 0.416 e. The molecular formula is C25H23F3N6O. The Kier molecular flexibility index (Phi) is 6.10. The molecule has 10 heteroatoms. The van der Waals surface area contributed by atoms with Crippen LogP contribution in [0.15, 0.2) is 67.4 Å². The number of likely N-dealkylation sites (tertiary alicyclic amines) is 1. The Labute approximate surface area is 199 Å². The Morgan fingerprint density at radius 2 is 1.89 bits per heavy atom. The van der Waals surface area contributed by atoms with Gasteiger partial charge in [-0.15, -0.1) is 0 Å². The molecule has 0 bridgehead atoms. The third-order valence-electron chi connectivity index (χ3n) is 6.34. The van der Waals surface area contributed by atoms with Crippen molar-refractivity contribution in [3.05, 3.63) is 89.8 Å². The minimum atomic E-state index is -4.40. The molecule has 1 aliphatic heterocycles. The molecule has 0 radical (unpaired) electrons. The van der Waals surface area contributed by atoms with Gasteiger partial charge in [-0.05, 0) is 48.6 Å². The van der Waals surface area contributed by atoms with Crippen LogP contribution in [0.1, 0.15) is 52.5 Å². The number of aromatic amines is 1. The van der Waals surface area contributed by atoms with Gasteiger partial charge in [-0.25, -0.2) is 9.67 Å². The molecule has 7 nitrogen and oxygen atoms in total. The van der Waals surface area contributed by atoms with E-state index in [9.17, 15) is 18.0 Å². The number of halogens is 3. The molecule has 180 valence electrons. The monoisotopic (exact) mass is 480 g/mol. The summed E-state index contributed by atoms with van der Waals surface area (Å²) in [6, 6.07) is 12.2. The van der Waals surface area contributed by atoms with E-state index in [1.807, 2.05) is 29.2 Å². The van der Waals surface area contributed by atoms with Crippen molar-refractivity contribution in [2.24, 2.45) is 0 Å². The first-order valence-corrected chi connectivity index (χ1v) is 11.3. The Morgan fingerprint density at radius 1 is 1.09 bits per heavy atom. The van der Waals surface area contributed by atoms with Crippen LogP contribution in [0.25, 0.3) is 11.1 Å². The first-order valence-electron chi connectivity index (χ1n) is 11.3. The van der Waals surface area contributed by atoms with E-state index in [0.29, 0.717) is 29.8 Å². The number of amides is 1. The number of aromatic nitrogens is 5. The van der Waals surface area contributed by atoms with Gasteiger partial charge in [0.1, 0.15) is 12.7 Å². The van der Waals surface area contributed by atoms with E-state index in [0.717, 1.165) is 42.7 Å². The summed E-state index contributed by atoms with van der Waals surface area (Å²) < 4.78 is 40.7. The Balaban J connectivity index is 1.45. The van der Waals surface area contributed by atoms with Gasteiger partial charge in [0.2, 0.25) is 0 Å². The molecule has 1 N–H and O–H groups in total. The molecule has 1 saturated heterocycles. The molecule has 2 aromatic heterocycles. The second kappa shape index (κ2) is 9.36. The van der Waals surface area contributed by atoms with Crippen LogP contribution in [-0.2, 0) is 12.7 Å². The Morgan fingerprint density at radius 3 is 2.63 bits per heavy atom. The number of H-pyrrole nitrogens is 1. The molecule has 1 unspecified atom stereocenters. The van der Waals surface area contributed by atoms with Crippen LogP contribution in [-0.4, -0.2) is 42.3 Å². The molecule has 5 rings (SSSR count). The van der Waals surface area contributed by atoms with Crippen molar-refractivity contribution in [1.29, 1.82) is 0 Å². The molecule has 1 amide bonds. The van der Waals surface area contributed by atoms with Crippen LogP contribution >= 0.6 is 0 Å². The first-order chi connectivity index (χ1) is 16.9. The normalized spacial score (nSPS) is 16.4. The third kappa shape index (κ3) is 4.68. The number of rotatable bonds is 5. The van der Waals surface area contributed by atoms with Gasteiger partial charge in [-0.3, -0.25) is 9.89 Å². The Bertz CT molecular complexity index is 1300. The quantitative estimate of drug-likeness (QED) is 0.431. The predicted octanol–water partition coefficient (Wildman–Crippen LogP) is 5.10. The van der Waals surface area contributed by atoms with Gasteiger partial charge in [-0.2, -0.15) is 23.4 Å². The van der Waals surface area contributed by atoms with Crippen LogP contribution in [0.3, 0.4) is 0 Å². The van der Waals surface area contributed by atoms with Crippen molar-refractivity contribution in [1.82, 2.24) is 29.9 Å². The topological polar surface area (TPSA) is 79.7 Å². The van der Waals surface area contributed by atoms with Crippen molar-refractivity contribution in [2.75, 3.05) is 6.54 Å². The lowest BCUT2D eigenvalue weighted by molar-refractivity contribution is -0.137. The number of carbonyl (C=O) groups is 1. The lowest BCUT2D eigenvalue weighted by atomic mass is 9.93. The molecule has 1 atom stereocenters. The highest BCUT2D eigenvalue weighted by atomic mass is 19.4. The highest BCUT2D eigenvalue weighted by Gasteiger charge is 2.33. The zero-order chi connectivity index (χ0) is 24.4. The average Bonchev–Trinajstić information content (AvgIpc) is 3.56. The van der Waals surface area contributed by atoms with Gasteiger partial charge in [-0.1, -0.05) is 30.3 Å². The minimum absolute atomic E-state index is 0.0987. The number of alkyl halides is 3. The summed E-state index contributed by atoms with van der Waals surface area (Å²) >= 11 is 0. The molecule has 1 fully saturated rings. The van der Waals surface area contributed by atoms with E-state index in [2.05, 4.69) is 20.3 Å². The van der Waals surface area contributed by atoms with E-state index in [-0.39, 0.29) is 11.9 Å². The molecule has 2 aromatic carbocycles. The molecule has 35 heavy (non-hydrogen) atoms. The van der Waals surface area contributed by atoms with E-state index >= 15 is 0 Å². The van der Waals surface area contributed by atoms with Gasteiger partial charge >= 0.3 is 6.18 Å². The second-order valence-corrected chi connectivity index (χ2v) is 8.53. The van der Waals surface area contributed by atoms with Crippen molar-refractivity contribution in [3.63, 3.8) is 0 Å². The van der Waals surface area contributed by atoms with Gasteiger partial charge in [0.05, 0.1) is 30.0 Å². The molecule has 0 aliphatic carbocycles. The van der Waals surface area contributed by atoms with Crippen molar-refractivity contribution in [3.8, 4) is 11.1 Å². The predicted molar refractivity (Wildman–Crippen MR) is 122 cm³/mol. The van der Waals surface area contributed by atoms with E-state index in [1.54, 1.807) is 17.2 Å². The zero-order valence-electron chi connectivity index (χ0n) is 18.7. The lowest BCUT2D eigenvalue weighted by Crippen LogP contribution is -2.39. The largest absolute Gasteiger partial charge is 0.416 e. The van der Waals surface area contributed by atoms with Crippen molar-refractivity contribution in [2.45, 2.75) is 38.0 Å². The highest BCUT2D eigenvalue weighted by molar-refractivity contribution is 5.96. The van der Waals surface area contributed by atoms with E-state index in [4.69, 9.17) is 0 Å². The SMILES string of the molecule is O=C(c1ccccc1Cn1cncn1)N1CCCCC1c1[nH]ncc1-c1ccc(C(F)(F)F)cc1. The molecule has 4 aromatic rings. The van der Waals surface area contributed by atoms with Crippen LogP contribution in [0.5, 0.6) is 0 Å². The van der Waals surface area contributed by atoms with Gasteiger partial charge in [0.15, 0.2) is 0 Å². The number of carbonyl (C=O) groups excluding carboxylic acids is 1. The number of benzene rings is 2. The summed E-state index contributed by atoms with van der Waals surface area (Å²) in [7, 11) is 0. The van der Waals surface area contributed by atoms with Crippen LogP contribution in [0, 0.1) is 0 Å². The van der Waals surface area contributed by atoms with Crippen molar-refractivity contribution >= 4 is 5.91 Å². The average molecular weight is 480 g/mol. The molecular weight excluding hydrogens is 457 g/mol. The fourth-order valence-electron chi connectivity index (χ4n) is 4.60. The molecule has 0 saturated carbocycles. The molecule has 3 heterocycles. The molecule has 1 aliphatic rings. The van der Waals surface area contributed by atoms with Gasteiger partial charge < -0.3 is 4.90 Å². The van der Waals surface area contributed by atoms with E-state index in [1.165, 1.54) is 18.5 Å². The fourth-order valence-corrected chi connectivity index (χ4v) is 4.60. The smallest absolute Gasteiger partial charge is 0.330 e. The van der Waals surface area contributed by atoms with Crippen LogP contribution < -0.4 is 0 Å². The van der Waals surface area contributed by atoms with Crippen molar-refractivity contribution < 1.29 is 18.0 Å². The van der Waals surface area contributed by atoms with Gasteiger partial charge in [0, 0.05) is 17.7 Å². The summed E-state index contributed by atoms with van der Waals surface area (Å²) in [5.74, 6) is -0.0987. The number of nitrogens with one attached hydrogen (secondary N) is 1. The summed E-state index contributed by atoms with van der Waals surface area (Å²) in [6.45, 7) is 0.994. The summed E-state index contributed by atoms with van der Waals surface area (Å²) in [5, 5.41) is 11.3. The first kappa shape index (κ1) is 22.8. The maximum atomic E-state index is 13.8. The maximum absolute atomic E-state index is 13.8. The standard InChI is InChI=1S/C25H23F3N6O/c26-25(27,28)19-10-8-17(9-11-19)21-13-30-32-23(21)22-7-3-4-12-34(22)24(35)20-6-2-1-5-18(20)14-33-16-29-15-31-33/h1-2,5-6,8-11,13,15-16,22H,3-4,7,12,14H2,(H,30,32). The summed E-state index contributed by atoms with van der Waals surface area (Å²) in [4.78, 5) is 19.6. The van der Waals surface area contributed by atoms with Gasteiger partial charge in [0.25, 0.3) is 5.91 Å². The summed E-state index contributed by atoms with van der Waals surface area (Å²) in [6.07, 6.45) is 2.79. The fraction of sp³-hybridized carbons (Fsp3) is 0.280. The minimum Gasteiger partial charge on any atom is -0.330 e. The number of nitrogens with zero attached hydrogens (tertiary/aromatic N) is 5. The molecule has 0 spiro atoms. The second-order valence-electron chi connectivity index (χ2n) is 8.53. The highest BCUT2D eigenvalue weighted by Crippen LogP contribution is 2.38. The van der Waals surface area contributed by atoms with Crippen LogP contribution in [0.4, 0.5) is 13.2 Å². The third-order valence-corrected chi connectivity index (χ3v) is 6.34. The number of hydrogen-bond donors (Lipinski definition) is 1. The zero-order valence-corrected chi connectivity index (χ0v) is 18.7. The van der Waals surface area contributed by atoms with Crippen LogP contribution in [0.2, 0.25) is 0 Å². The lowest BCUT2D eigenvalue weighted by Gasteiger charge is -2.36. The Hall–Kier alpha value is -3.95. The van der Waals surface area contributed by atoms with E-state index < -0.39 is 11.7 Å². The summed E-state index contributed by atoms with van der Waals surface area (Å²) in [5.41, 5.74) is 2.76. The number of hydrogen-bond acceptors (Lipinski definition) is 4. The number of piperidine rings is 1.